The minimum Gasteiger partial charge on any atom is -0.293 e. The smallest absolute Gasteiger partial charge is 0.0739 e. The molecule has 0 amide bonds. The Labute approximate surface area is 116 Å². The third-order valence-electron chi connectivity index (χ3n) is 3.31. The first-order valence-corrected chi connectivity index (χ1v) is 8.11. The van der Waals surface area contributed by atoms with Crippen molar-refractivity contribution in [2.45, 2.75) is 39.9 Å². The Morgan fingerprint density at radius 3 is 2.94 bits per heavy atom. The second-order valence-electron chi connectivity index (χ2n) is 4.56. The molecular weight excluding hydrogens is 298 g/mol. The van der Waals surface area contributed by atoms with Crippen molar-refractivity contribution in [3.8, 4) is 0 Å². The third kappa shape index (κ3) is 2.88. The van der Waals surface area contributed by atoms with Gasteiger partial charge in [0.25, 0.3) is 0 Å². The zero-order valence-electron chi connectivity index (χ0n) is 10.7. The van der Waals surface area contributed by atoms with Crippen LogP contribution in [0.1, 0.15) is 25.2 Å². The van der Waals surface area contributed by atoms with Gasteiger partial charge in [0.05, 0.1) is 15.9 Å². The molecule has 0 aromatic carbocycles. The molecule has 1 aromatic rings. The number of nitrogens with zero attached hydrogens (tertiary/aromatic N) is 3. The highest BCUT2D eigenvalue weighted by molar-refractivity contribution is 9.10. The minimum absolute atomic E-state index is 0.668. The van der Waals surface area contributed by atoms with Gasteiger partial charge in [-0.25, -0.2) is 0 Å². The van der Waals surface area contributed by atoms with Crippen LogP contribution < -0.4 is 0 Å². The standard InChI is InChI=1S/C12H20BrN3S/c1-4-16-11(12(13)10(3)14-16)7-15-5-6-17-8-9(15)2/h9H,4-8H2,1-3H3. The fraction of sp³-hybridized carbons (Fsp3) is 0.750. The second kappa shape index (κ2) is 5.76. The number of aryl methyl sites for hydroxylation is 2. The summed E-state index contributed by atoms with van der Waals surface area (Å²) in [5.74, 6) is 2.50. The zero-order chi connectivity index (χ0) is 12.4. The van der Waals surface area contributed by atoms with Gasteiger partial charge >= 0.3 is 0 Å². The Morgan fingerprint density at radius 2 is 2.29 bits per heavy atom. The Hall–Kier alpha value is -0.0000000000000000555. The van der Waals surface area contributed by atoms with Gasteiger partial charge in [-0.05, 0) is 36.7 Å². The molecule has 2 rings (SSSR count). The SMILES string of the molecule is CCn1nc(C)c(Br)c1CN1CCSCC1C. The van der Waals surface area contributed by atoms with E-state index in [-0.39, 0.29) is 0 Å². The van der Waals surface area contributed by atoms with Gasteiger partial charge in [0, 0.05) is 37.2 Å². The summed E-state index contributed by atoms with van der Waals surface area (Å²) >= 11 is 5.73. The fourth-order valence-electron chi connectivity index (χ4n) is 2.21. The van der Waals surface area contributed by atoms with Crippen molar-refractivity contribution in [2.24, 2.45) is 0 Å². The molecule has 1 saturated heterocycles. The summed E-state index contributed by atoms with van der Waals surface area (Å²) in [6, 6.07) is 0.668. The predicted octanol–water partition coefficient (Wildman–Crippen LogP) is 2.91. The summed E-state index contributed by atoms with van der Waals surface area (Å²) in [6.07, 6.45) is 0. The number of halogens is 1. The lowest BCUT2D eigenvalue weighted by atomic mass is 10.2. The Morgan fingerprint density at radius 1 is 1.53 bits per heavy atom. The van der Waals surface area contributed by atoms with E-state index in [4.69, 9.17) is 0 Å². The van der Waals surface area contributed by atoms with Crippen molar-refractivity contribution in [2.75, 3.05) is 18.1 Å². The van der Waals surface area contributed by atoms with E-state index in [9.17, 15) is 0 Å². The topological polar surface area (TPSA) is 21.1 Å². The highest BCUT2D eigenvalue weighted by Crippen LogP contribution is 2.25. The normalized spacial score (nSPS) is 22.0. The van der Waals surface area contributed by atoms with Crippen LogP contribution in [0.3, 0.4) is 0 Å². The highest BCUT2D eigenvalue weighted by Gasteiger charge is 2.22. The van der Waals surface area contributed by atoms with Crippen molar-refractivity contribution < 1.29 is 0 Å². The van der Waals surface area contributed by atoms with Gasteiger partial charge in [0.15, 0.2) is 0 Å². The largest absolute Gasteiger partial charge is 0.293 e. The Kier molecular flexibility index (Phi) is 4.55. The molecule has 1 fully saturated rings. The molecule has 0 radical (unpaired) electrons. The van der Waals surface area contributed by atoms with Gasteiger partial charge in [-0.2, -0.15) is 16.9 Å². The summed E-state index contributed by atoms with van der Waals surface area (Å²) in [4.78, 5) is 2.56. The van der Waals surface area contributed by atoms with Crippen LogP contribution in [0.4, 0.5) is 0 Å². The molecule has 1 atom stereocenters. The average molecular weight is 318 g/mol. The molecule has 0 aliphatic carbocycles. The van der Waals surface area contributed by atoms with Crippen LogP contribution in [-0.2, 0) is 13.1 Å². The van der Waals surface area contributed by atoms with E-state index in [1.165, 1.54) is 28.2 Å². The van der Waals surface area contributed by atoms with E-state index in [1.807, 2.05) is 0 Å². The van der Waals surface area contributed by atoms with Crippen molar-refractivity contribution in [3.63, 3.8) is 0 Å². The van der Waals surface area contributed by atoms with E-state index in [0.717, 1.165) is 18.8 Å². The number of hydrogen-bond acceptors (Lipinski definition) is 3. The van der Waals surface area contributed by atoms with Gasteiger partial charge < -0.3 is 0 Å². The number of hydrogen-bond donors (Lipinski definition) is 0. The number of thioether (sulfide) groups is 1. The summed E-state index contributed by atoms with van der Waals surface area (Å²) in [7, 11) is 0. The summed E-state index contributed by atoms with van der Waals surface area (Å²) in [6.45, 7) is 9.68. The average Bonchev–Trinajstić information content (AvgIpc) is 2.59. The molecule has 1 aliphatic heterocycles. The maximum absolute atomic E-state index is 4.56. The van der Waals surface area contributed by atoms with Crippen LogP contribution in [0.2, 0.25) is 0 Å². The summed E-state index contributed by atoms with van der Waals surface area (Å²) < 4.78 is 3.30. The van der Waals surface area contributed by atoms with Crippen LogP contribution >= 0.6 is 27.7 Å². The van der Waals surface area contributed by atoms with Crippen LogP contribution in [0.25, 0.3) is 0 Å². The van der Waals surface area contributed by atoms with Crippen LogP contribution in [-0.4, -0.2) is 38.8 Å². The molecule has 3 nitrogen and oxygen atoms in total. The monoisotopic (exact) mass is 317 g/mol. The first-order chi connectivity index (χ1) is 8.13. The molecule has 1 unspecified atom stereocenters. The van der Waals surface area contributed by atoms with Crippen LogP contribution in [0.15, 0.2) is 4.47 Å². The lowest BCUT2D eigenvalue weighted by Gasteiger charge is -2.33. The van der Waals surface area contributed by atoms with Gasteiger partial charge in [-0.1, -0.05) is 0 Å². The van der Waals surface area contributed by atoms with Gasteiger partial charge in [-0.15, -0.1) is 0 Å². The molecule has 96 valence electrons. The quantitative estimate of drug-likeness (QED) is 0.855. The molecule has 1 aliphatic rings. The molecule has 17 heavy (non-hydrogen) atoms. The van der Waals surface area contributed by atoms with Crippen molar-refractivity contribution in [1.29, 1.82) is 0 Å². The lowest BCUT2D eigenvalue weighted by molar-refractivity contribution is 0.217. The predicted molar refractivity (Wildman–Crippen MR) is 77.5 cm³/mol. The van der Waals surface area contributed by atoms with Crippen LogP contribution in [0.5, 0.6) is 0 Å². The van der Waals surface area contributed by atoms with Gasteiger partial charge in [0.1, 0.15) is 0 Å². The van der Waals surface area contributed by atoms with Crippen molar-refractivity contribution in [3.05, 3.63) is 15.9 Å². The molecule has 2 heterocycles. The Balaban J connectivity index is 2.16. The van der Waals surface area contributed by atoms with E-state index in [2.05, 4.69) is 63.1 Å². The van der Waals surface area contributed by atoms with E-state index < -0.39 is 0 Å². The minimum atomic E-state index is 0.668. The zero-order valence-corrected chi connectivity index (χ0v) is 13.1. The molecule has 0 N–H and O–H groups in total. The van der Waals surface area contributed by atoms with Crippen molar-refractivity contribution >= 4 is 27.7 Å². The molecule has 1 aromatic heterocycles. The summed E-state index contributed by atoms with van der Waals surface area (Å²) in [5, 5.41) is 4.56. The number of rotatable bonds is 3. The van der Waals surface area contributed by atoms with Gasteiger partial charge in [-0.3, -0.25) is 9.58 Å². The number of aromatic nitrogens is 2. The Bertz CT molecular complexity index is 391. The van der Waals surface area contributed by atoms with E-state index >= 15 is 0 Å². The fourth-order valence-corrected chi connectivity index (χ4v) is 3.70. The maximum atomic E-state index is 4.56. The molecular formula is C12H20BrN3S. The van der Waals surface area contributed by atoms with Crippen LogP contribution in [0, 0.1) is 6.92 Å². The second-order valence-corrected chi connectivity index (χ2v) is 6.50. The third-order valence-corrected chi connectivity index (χ3v) is 5.53. The van der Waals surface area contributed by atoms with E-state index in [0.29, 0.717) is 6.04 Å². The molecule has 0 spiro atoms. The first kappa shape index (κ1) is 13.4. The lowest BCUT2D eigenvalue weighted by Crippen LogP contribution is -2.40. The maximum Gasteiger partial charge on any atom is 0.0739 e. The van der Waals surface area contributed by atoms with E-state index in [1.54, 1.807) is 0 Å². The highest BCUT2D eigenvalue weighted by atomic mass is 79.9. The van der Waals surface area contributed by atoms with Crippen molar-refractivity contribution in [1.82, 2.24) is 14.7 Å². The molecule has 5 heteroatoms. The van der Waals surface area contributed by atoms with Gasteiger partial charge in [0.2, 0.25) is 0 Å². The molecule has 0 bridgehead atoms. The molecule has 0 saturated carbocycles. The summed E-state index contributed by atoms with van der Waals surface area (Å²) in [5.41, 5.74) is 2.42. The first-order valence-electron chi connectivity index (χ1n) is 6.17.